The van der Waals surface area contributed by atoms with Crippen molar-refractivity contribution in [2.24, 2.45) is 7.05 Å². The van der Waals surface area contributed by atoms with Crippen LogP contribution in [0.5, 0.6) is 0 Å². The molecule has 0 radical (unpaired) electrons. The van der Waals surface area contributed by atoms with E-state index in [1.165, 1.54) is 6.07 Å². The number of likely N-dealkylation sites (tertiary alicyclic amines) is 1. The molecule has 1 saturated heterocycles. The molecule has 2 heterocycles. The maximum Gasteiger partial charge on any atom is 0.256 e. The Morgan fingerprint density at radius 2 is 1.96 bits per heavy atom. The second kappa shape index (κ2) is 6.36. The average molecular weight is 336 g/mol. The molecule has 0 saturated carbocycles. The Hall–Kier alpha value is -2.62. The number of halogens is 1. The zero-order valence-corrected chi connectivity index (χ0v) is 14.3. The van der Waals surface area contributed by atoms with Gasteiger partial charge in [-0.15, -0.1) is 0 Å². The highest BCUT2D eigenvalue weighted by atomic mass is 19.1. The molecule has 0 unspecified atom stereocenters. The van der Waals surface area contributed by atoms with Gasteiger partial charge in [0, 0.05) is 30.7 Å². The number of hydrogen-bond acceptors (Lipinski definition) is 1. The Morgan fingerprint density at radius 1 is 1.12 bits per heavy atom. The lowest BCUT2D eigenvalue weighted by molar-refractivity contribution is 0.0613. The Kier molecular flexibility index (Phi) is 4.04. The Labute approximate surface area is 146 Å². The van der Waals surface area contributed by atoms with Crippen LogP contribution < -0.4 is 0 Å². The first kappa shape index (κ1) is 15.9. The molecule has 1 aromatic heterocycles. The molecule has 3 nitrogen and oxygen atoms in total. The van der Waals surface area contributed by atoms with Crippen molar-refractivity contribution >= 4 is 16.8 Å². The zero-order chi connectivity index (χ0) is 17.4. The van der Waals surface area contributed by atoms with Gasteiger partial charge in [0.05, 0.1) is 11.6 Å². The molecule has 0 N–H and O–H groups in total. The monoisotopic (exact) mass is 336 g/mol. The first-order valence-electron chi connectivity index (χ1n) is 8.75. The number of para-hydroxylation sites is 1. The summed E-state index contributed by atoms with van der Waals surface area (Å²) in [5.74, 6) is -0.216. The van der Waals surface area contributed by atoms with E-state index in [1.807, 2.05) is 53.0 Å². The Bertz CT molecular complexity index is 931. The molecule has 1 aliphatic rings. The van der Waals surface area contributed by atoms with Gasteiger partial charge in [-0.25, -0.2) is 4.39 Å². The van der Waals surface area contributed by atoms with Crippen molar-refractivity contribution in [2.75, 3.05) is 6.54 Å². The van der Waals surface area contributed by atoms with Crippen LogP contribution in [0.2, 0.25) is 0 Å². The molecular formula is C21H21FN2O. The highest BCUT2D eigenvalue weighted by Crippen LogP contribution is 2.33. The SMILES string of the molecule is Cn1cc(C(=O)N2CCCC[C@@H]2c2cccc(F)c2)c2ccccc21. The number of piperidine rings is 1. The summed E-state index contributed by atoms with van der Waals surface area (Å²) in [5, 5.41) is 0.971. The molecule has 4 rings (SSSR count). The number of benzene rings is 2. The summed E-state index contributed by atoms with van der Waals surface area (Å²) in [6.07, 6.45) is 4.83. The molecular weight excluding hydrogens is 315 g/mol. The minimum absolute atomic E-state index is 0.0331. The summed E-state index contributed by atoms with van der Waals surface area (Å²) >= 11 is 0. The van der Waals surface area contributed by atoms with Crippen molar-refractivity contribution in [3.63, 3.8) is 0 Å². The molecule has 1 amide bonds. The number of rotatable bonds is 2. The van der Waals surface area contributed by atoms with Crippen LogP contribution in [0, 0.1) is 5.82 Å². The molecule has 2 aromatic carbocycles. The predicted molar refractivity (Wildman–Crippen MR) is 96.9 cm³/mol. The van der Waals surface area contributed by atoms with Gasteiger partial charge in [-0.05, 0) is 43.0 Å². The van der Waals surface area contributed by atoms with Crippen molar-refractivity contribution in [3.8, 4) is 0 Å². The number of amides is 1. The number of nitrogens with zero attached hydrogens (tertiary/aromatic N) is 2. The van der Waals surface area contributed by atoms with E-state index in [4.69, 9.17) is 0 Å². The number of aromatic nitrogens is 1. The second-order valence-corrected chi connectivity index (χ2v) is 6.74. The Morgan fingerprint density at radius 3 is 2.80 bits per heavy atom. The smallest absolute Gasteiger partial charge is 0.256 e. The molecule has 0 bridgehead atoms. The lowest BCUT2D eigenvalue weighted by Gasteiger charge is -2.36. The standard InChI is InChI=1S/C21H21FN2O/c1-23-14-18(17-9-2-3-11-20(17)23)21(25)24-12-5-4-10-19(24)15-7-6-8-16(22)13-15/h2-3,6-9,11,13-14,19H,4-5,10,12H2,1H3/t19-/m1/s1. The lowest BCUT2D eigenvalue weighted by Crippen LogP contribution is -2.38. The van der Waals surface area contributed by atoms with E-state index < -0.39 is 0 Å². The minimum atomic E-state index is -0.249. The topological polar surface area (TPSA) is 25.2 Å². The van der Waals surface area contributed by atoms with E-state index in [0.29, 0.717) is 6.54 Å². The normalized spacial score (nSPS) is 17.8. The van der Waals surface area contributed by atoms with Crippen LogP contribution in [0.1, 0.15) is 41.2 Å². The number of carbonyl (C=O) groups excluding carboxylic acids is 1. The molecule has 0 spiro atoms. The van der Waals surface area contributed by atoms with Gasteiger partial charge in [-0.2, -0.15) is 0 Å². The van der Waals surface area contributed by atoms with Crippen LogP contribution in [-0.4, -0.2) is 21.9 Å². The summed E-state index contributed by atoms with van der Waals surface area (Å²) in [7, 11) is 1.96. The van der Waals surface area contributed by atoms with Gasteiger partial charge in [0.25, 0.3) is 5.91 Å². The third-order valence-corrected chi connectivity index (χ3v) is 5.12. The molecule has 1 aliphatic heterocycles. The third-order valence-electron chi connectivity index (χ3n) is 5.12. The zero-order valence-electron chi connectivity index (χ0n) is 14.3. The summed E-state index contributed by atoms with van der Waals surface area (Å²) < 4.78 is 15.7. The molecule has 25 heavy (non-hydrogen) atoms. The molecule has 3 aromatic rings. The first-order valence-corrected chi connectivity index (χ1v) is 8.75. The summed E-state index contributed by atoms with van der Waals surface area (Å²) in [4.78, 5) is 15.2. The number of aryl methyl sites for hydroxylation is 1. The summed E-state index contributed by atoms with van der Waals surface area (Å²) in [6, 6.07) is 14.5. The second-order valence-electron chi connectivity index (χ2n) is 6.74. The molecule has 1 atom stereocenters. The van der Waals surface area contributed by atoms with Gasteiger partial charge >= 0.3 is 0 Å². The average Bonchev–Trinajstić information content (AvgIpc) is 2.98. The van der Waals surface area contributed by atoms with Gasteiger partial charge in [0.1, 0.15) is 5.82 Å². The van der Waals surface area contributed by atoms with Crippen LogP contribution >= 0.6 is 0 Å². The number of fused-ring (bicyclic) bond motifs is 1. The first-order chi connectivity index (χ1) is 12.1. The fourth-order valence-corrected chi connectivity index (χ4v) is 3.90. The van der Waals surface area contributed by atoms with E-state index in [-0.39, 0.29) is 17.8 Å². The van der Waals surface area contributed by atoms with Crippen molar-refractivity contribution in [3.05, 3.63) is 71.7 Å². The number of carbonyl (C=O) groups is 1. The maximum absolute atomic E-state index is 13.7. The van der Waals surface area contributed by atoms with Crippen molar-refractivity contribution in [2.45, 2.75) is 25.3 Å². The van der Waals surface area contributed by atoms with Gasteiger partial charge in [0.2, 0.25) is 0 Å². The molecule has 0 aliphatic carbocycles. The van der Waals surface area contributed by atoms with Crippen LogP contribution in [0.15, 0.2) is 54.7 Å². The van der Waals surface area contributed by atoms with Crippen LogP contribution in [-0.2, 0) is 7.05 Å². The van der Waals surface area contributed by atoms with Crippen LogP contribution in [0.4, 0.5) is 4.39 Å². The van der Waals surface area contributed by atoms with Crippen LogP contribution in [0.25, 0.3) is 10.9 Å². The fraction of sp³-hybridized carbons (Fsp3) is 0.286. The molecule has 128 valence electrons. The van der Waals surface area contributed by atoms with Gasteiger partial charge in [-0.3, -0.25) is 4.79 Å². The highest BCUT2D eigenvalue weighted by Gasteiger charge is 2.30. The van der Waals surface area contributed by atoms with Gasteiger partial charge in [-0.1, -0.05) is 30.3 Å². The molecule has 1 fully saturated rings. The highest BCUT2D eigenvalue weighted by molar-refractivity contribution is 6.07. The largest absolute Gasteiger partial charge is 0.350 e. The third kappa shape index (κ3) is 2.82. The quantitative estimate of drug-likeness (QED) is 0.667. The minimum Gasteiger partial charge on any atom is -0.350 e. The van der Waals surface area contributed by atoms with E-state index in [9.17, 15) is 9.18 Å². The van der Waals surface area contributed by atoms with E-state index >= 15 is 0 Å². The van der Waals surface area contributed by atoms with Gasteiger partial charge in [0.15, 0.2) is 0 Å². The van der Waals surface area contributed by atoms with E-state index in [0.717, 1.165) is 41.3 Å². The van der Waals surface area contributed by atoms with Crippen molar-refractivity contribution < 1.29 is 9.18 Å². The molecule has 4 heteroatoms. The van der Waals surface area contributed by atoms with E-state index in [2.05, 4.69) is 0 Å². The lowest BCUT2D eigenvalue weighted by atomic mass is 9.94. The van der Waals surface area contributed by atoms with Crippen molar-refractivity contribution in [1.29, 1.82) is 0 Å². The van der Waals surface area contributed by atoms with E-state index in [1.54, 1.807) is 12.1 Å². The summed E-state index contributed by atoms with van der Waals surface area (Å²) in [5.41, 5.74) is 2.65. The number of hydrogen-bond donors (Lipinski definition) is 0. The van der Waals surface area contributed by atoms with Gasteiger partial charge < -0.3 is 9.47 Å². The van der Waals surface area contributed by atoms with Crippen LogP contribution in [0.3, 0.4) is 0 Å². The maximum atomic E-state index is 13.7. The van der Waals surface area contributed by atoms with Crippen molar-refractivity contribution in [1.82, 2.24) is 9.47 Å². The fourth-order valence-electron chi connectivity index (χ4n) is 3.90. The summed E-state index contributed by atoms with van der Waals surface area (Å²) in [6.45, 7) is 0.712. The Balaban J connectivity index is 1.74. The predicted octanol–water partition coefficient (Wildman–Crippen LogP) is 4.68.